The number of rotatable bonds is 1. The molecule has 0 spiro atoms. The van der Waals surface area contributed by atoms with Crippen molar-refractivity contribution in [3.63, 3.8) is 0 Å². The second kappa shape index (κ2) is 7.00. The summed E-state index contributed by atoms with van der Waals surface area (Å²) in [6.45, 7) is 7.72. The van der Waals surface area contributed by atoms with Gasteiger partial charge in [0.05, 0.1) is 0 Å². The van der Waals surface area contributed by atoms with Crippen LogP contribution in [-0.4, -0.2) is 25.7 Å². The Hall–Kier alpha value is -0.440. The molecule has 1 fully saturated rings. The van der Waals surface area contributed by atoms with Crippen LogP contribution in [0.25, 0.3) is 0 Å². The molecule has 16 heavy (non-hydrogen) atoms. The third-order valence-electron chi connectivity index (χ3n) is 2.83. The number of hydrogen-bond donors (Lipinski definition) is 1. The van der Waals surface area contributed by atoms with Crippen LogP contribution in [0, 0.1) is 6.92 Å². The highest BCUT2D eigenvalue weighted by Gasteiger charge is 2.17. The van der Waals surface area contributed by atoms with E-state index >= 15 is 0 Å². The maximum absolute atomic E-state index is 3.41. The van der Waals surface area contributed by atoms with Crippen LogP contribution >= 0.6 is 24.8 Å². The molecule has 0 unspecified atom stereocenters. The fourth-order valence-corrected chi connectivity index (χ4v) is 2.03. The minimum absolute atomic E-state index is 0. The molecule has 0 amide bonds. The van der Waals surface area contributed by atoms with Crippen LogP contribution in [0.3, 0.4) is 0 Å². The normalized spacial score (nSPS) is 19.6. The van der Waals surface area contributed by atoms with Crippen molar-refractivity contribution in [3.05, 3.63) is 29.8 Å². The summed E-state index contributed by atoms with van der Waals surface area (Å²) >= 11 is 0. The summed E-state index contributed by atoms with van der Waals surface area (Å²) in [5.41, 5.74) is 2.70. The van der Waals surface area contributed by atoms with Gasteiger partial charge in [0, 0.05) is 31.4 Å². The Morgan fingerprint density at radius 2 is 2.06 bits per heavy atom. The molecule has 1 aromatic carbocycles. The van der Waals surface area contributed by atoms with Crippen LogP contribution in [0.1, 0.15) is 12.5 Å². The van der Waals surface area contributed by atoms with Gasteiger partial charge in [-0.1, -0.05) is 12.1 Å². The van der Waals surface area contributed by atoms with Gasteiger partial charge in [0.2, 0.25) is 0 Å². The molecule has 92 valence electrons. The van der Waals surface area contributed by atoms with Crippen LogP contribution in [0.5, 0.6) is 0 Å². The van der Waals surface area contributed by atoms with Gasteiger partial charge in [0.25, 0.3) is 0 Å². The fourth-order valence-electron chi connectivity index (χ4n) is 2.03. The van der Waals surface area contributed by atoms with Crippen LogP contribution in [-0.2, 0) is 0 Å². The fraction of sp³-hybridized carbons (Fsp3) is 0.500. The molecule has 1 atom stereocenters. The lowest BCUT2D eigenvalue weighted by atomic mass is 10.1. The molecule has 0 saturated carbocycles. The van der Waals surface area contributed by atoms with E-state index < -0.39 is 0 Å². The minimum atomic E-state index is 0. The van der Waals surface area contributed by atoms with Crippen LogP contribution in [0.15, 0.2) is 24.3 Å². The highest BCUT2D eigenvalue weighted by Crippen LogP contribution is 2.19. The predicted octanol–water partition coefficient (Wildman–Crippen LogP) is 2.64. The first-order valence-electron chi connectivity index (χ1n) is 5.31. The van der Waals surface area contributed by atoms with Crippen molar-refractivity contribution in [1.29, 1.82) is 0 Å². The molecule has 2 rings (SSSR count). The van der Waals surface area contributed by atoms with E-state index in [2.05, 4.69) is 48.3 Å². The minimum Gasteiger partial charge on any atom is -0.366 e. The number of piperazine rings is 1. The SMILES string of the molecule is Cc1cccc(N2CCNC[C@H]2C)c1.Cl.Cl. The number of nitrogens with zero attached hydrogens (tertiary/aromatic N) is 1. The lowest BCUT2D eigenvalue weighted by Gasteiger charge is -2.36. The van der Waals surface area contributed by atoms with E-state index in [1.807, 2.05) is 0 Å². The molecule has 1 N–H and O–H groups in total. The van der Waals surface area contributed by atoms with Crippen molar-refractivity contribution in [2.45, 2.75) is 19.9 Å². The van der Waals surface area contributed by atoms with Crippen molar-refractivity contribution in [3.8, 4) is 0 Å². The molecule has 0 radical (unpaired) electrons. The zero-order chi connectivity index (χ0) is 9.97. The lowest BCUT2D eigenvalue weighted by Crippen LogP contribution is -2.49. The van der Waals surface area contributed by atoms with E-state index in [0.717, 1.165) is 19.6 Å². The number of benzene rings is 1. The van der Waals surface area contributed by atoms with Gasteiger partial charge in [-0.3, -0.25) is 0 Å². The third-order valence-corrected chi connectivity index (χ3v) is 2.83. The largest absolute Gasteiger partial charge is 0.366 e. The molecule has 1 aliphatic heterocycles. The lowest BCUT2D eigenvalue weighted by molar-refractivity contribution is 0.501. The van der Waals surface area contributed by atoms with E-state index in [1.54, 1.807) is 0 Å². The molecule has 0 aliphatic carbocycles. The molecule has 2 nitrogen and oxygen atoms in total. The van der Waals surface area contributed by atoms with Gasteiger partial charge in [-0.05, 0) is 31.5 Å². The first-order chi connectivity index (χ1) is 6.77. The zero-order valence-corrected chi connectivity index (χ0v) is 11.4. The quantitative estimate of drug-likeness (QED) is 0.838. The van der Waals surface area contributed by atoms with Crippen LogP contribution in [0.2, 0.25) is 0 Å². The van der Waals surface area contributed by atoms with Gasteiger partial charge in [-0.2, -0.15) is 0 Å². The number of aryl methyl sites for hydroxylation is 1. The Bertz CT molecular complexity index is 318. The van der Waals surface area contributed by atoms with Crippen LogP contribution in [0.4, 0.5) is 5.69 Å². The summed E-state index contributed by atoms with van der Waals surface area (Å²) in [6.07, 6.45) is 0. The van der Waals surface area contributed by atoms with Gasteiger partial charge >= 0.3 is 0 Å². The van der Waals surface area contributed by atoms with Crippen molar-refractivity contribution in [1.82, 2.24) is 5.32 Å². The molecular weight excluding hydrogens is 243 g/mol. The summed E-state index contributed by atoms with van der Waals surface area (Å²) in [5.74, 6) is 0. The summed E-state index contributed by atoms with van der Waals surface area (Å²) in [5, 5.41) is 3.41. The third kappa shape index (κ3) is 3.55. The van der Waals surface area contributed by atoms with E-state index in [1.165, 1.54) is 11.3 Å². The Morgan fingerprint density at radius 3 is 2.69 bits per heavy atom. The first-order valence-corrected chi connectivity index (χ1v) is 5.31. The van der Waals surface area contributed by atoms with Crippen molar-refractivity contribution < 1.29 is 0 Å². The van der Waals surface area contributed by atoms with E-state index in [0.29, 0.717) is 6.04 Å². The van der Waals surface area contributed by atoms with Crippen molar-refractivity contribution >= 4 is 30.5 Å². The standard InChI is InChI=1S/C12H18N2.2ClH/c1-10-4-3-5-12(8-10)14-7-6-13-9-11(14)2;;/h3-5,8,11,13H,6-7,9H2,1-2H3;2*1H/t11-;;/m1../s1. The number of nitrogens with one attached hydrogen (secondary N) is 1. The molecule has 1 aliphatic rings. The molecule has 0 bridgehead atoms. The molecular formula is C12H20Cl2N2. The maximum atomic E-state index is 3.41. The molecule has 1 aromatic rings. The smallest absolute Gasteiger partial charge is 0.0386 e. The molecule has 1 saturated heterocycles. The Labute approximate surface area is 110 Å². The van der Waals surface area contributed by atoms with Crippen molar-refractivity contribution in [2.75, 3.05) is 24.5 Å². The average Bonchev–Trinajstić information content (AvgIpc) is 2.18. The second-order valence-electron chi connectivity index (χ2n) is 4.09. The van der Waals surface area contributed by atoms with E-state index in [-0.39, 0.29) is 24.8 Å². The number of halogens is 2. The molecule has 1 heterocycles. The first kappa shape index (κ1) is 15.6. The van der Waals surface area contributed by atoms with Gasteiger partial charge < -0.3 is 10.2 Å². The summed E-state index contributed by atoms with van der Waals surface area (Å²) < 4.78 is 0. The van der Waals surface area contributed by atoms with E-state index in [9.17, 15) is 0 Å². The summed E-state index contributed by atoms with van der Waals surface area (Å²) in [6, 6.07) is 9.36. The van der Waals surface area contributed by atoms with E-state index in [4.69, 9.17) is 0 Å². The highest BCUT2D eigenvalue weighted by atomic mass is 35.5. The van der Waals surface area contributed by atoms with Crippen LogP contribution < -0.4 is 10.2 Å². The predicted molar refractivity (Wildman–Crippen MR) is 75.4 cm³/mol. The Kier molecular flexibility index (Phi) is 6.81. The van der Waals surface area contributed by atoms with Gasteiger partial charge in [-0.25, -0.2) is 0 Å². The molecule has 4 heteroatoms. The molecule has 0 aromatic heterocycles. The Morgan fingerprint density at radius 1 is 1.31 bits per heavy atom. The average molecular weight is 263 g/mol. The van der Waals surface area contributed by atoms with Gasteiger partial charge in [0.15, 0.2) is 0 Å². The monoisotopic (exact) mass is 262 g/mol. The highest BCUT2D eigenvalue weighted by molar-refractivity contribution is 5.85. The summed E-state index contributed by atoms with van der Waals surface area (Å²) in [7, 11) is 0. The Balaban J connectivity index is 0.00000112. The van der Waals surface area contributed by atoms with Gasteiger partial charge in [-0.15, -0.1) is 24.8 Å². The zero-order valence-electron chi connectivity index (χ0n) is 9.77. The topological polar surface area (TPSA) is 15.3 Å². The number of hydrogen-bond acceptors (Lipinski definition) is 2. The van der Waals surface area contributed by atoms with Gasteiger partial charge in [0.1, 0.15) is 0 Å². The van der Waals surface area contributed by atoms with Crippen molar-refractivity contribution in [2.24, 2.45) is 0 Å². The summed E-state index contributed by atoms with van der Waals surface area (Å²) in [4.78, 5) is 2.48. The maximum Gasteiger partial charge on any atom is 0.0386 e. The second-order valence-corrected chi connectivity index (χ2v) is 4.09. The number of anilines is 1.